The first-order chi connectivity index (χ1) is 13.4. The van der Waals surface area contributed by atoms with Gasteiger partial charge in [-0.3, -0.25) is 0 Å². The van der Waals surface area contributed by atoms with E-state index in [2.05, 4.69) is 27.7 Å². The maximum atomic E-state index is 13.2. The first kappa shape index (κ1) is 18.1. The van der Waals surface area contributed by atoms with Gasteiger partial charge in [0.1, 0.15) is 0 Å². The number of fused-ring (bicyclic) bond motifs is 2. The van der Waals surface area contributed by atoms with Crippen molar-refractivity contribution in [2.24, 2.45) is 5.92 Å². The highest BCUT2D eigenvalue weighted by molar-refractivity contribution is 6.31. The van der Waals surface area contributed by atoms with E-state index in [9.17, 15) is 13.2 Å². The standard InChI is InChI=1S/C21H21ClF3N3/c22-19-4-3-14(8-18(19)21(23,24)25)27-15-6-12-2-1-5-28-11-13-9-26-10-17(13)16(7-15)20(12)28/h3-4,6-8,13,17,26-27H,1-2,5,9-11H2/t13-,17-/m1/s1. The number of benzene rings is 2. The van der Waals surface area contributed by atoms with Gasteiger partial charge in [0, 0.05) is 49.2 Å². The molecule has 7 heteroatoms. The second-order valence-electron chi connectivity index (χ2n) is 7.96. The van der Waals surface area contributed by atoms with Crippen LogP contribution < -0.4 is 15.5 Å². The minimum Gasteiger partial charge on any atom is -0.371 e. The molecule has 1 fully saturated rings. The number of nitrogens with zero attached hydrogens (tertiary/aromatic N) is 1. The summed E-state index contributed by atoms with van der Waals surface area (Å²) in [5, 5.41) is 6.41. The highest BCUT2D eigenvalue weighted by Crippen LogP contribution is 2.46. The fraction of sp³-hybridized carbons (Fsp3) is 0.429. The highest BCUT2D eigenvalue weighted by atomic mass is 35.5. The van der Waals surface area contributed by atoms with Gasteiger partial charge in [0.25, 0.3) is 0 Å². The summed E-state index contributed by atoms with van der Waals surface area (Å²) in [6.45, 7) is 4.17. The van der Waals surface area contributed by atoms with Crippen molar-refractivity contribution in [2.45, 2.75) is 24.9 Å². The number of hydrogen-bond acceptors (Lipinski definition) is 3. The van der Waals surface area contributed by atoms with Crippen LogP contribution in [0.4, 0.5) is 30.2 Å². The molecule has 3 aliphatic rings. The third-order valence-electron chi connectivity index (χ3n) is 6.16. The predicted octanol–water partition coefficient (Wildman–Crippen LogP) is 5.17. The summed E-state index contributed by atoms with van der Waals surface area (Å²) in [5.41, 5.74) is 4.40. The van der Waals surface area contributed by atoms with Gasteiger partial charge in [0.05, 0.1) is 10.6 Å². The van der Waals surface area contributed by atoms with Gasteiger partial charge in [-0.2, -0.15) is 13.2 Å². The number of halogens is 4. The Labute approximate surface area is 166 Å². The van der Waals surface area contributed by atoms with Crippen molar-refractivity contribution < 1.29 is 13.2 Å². The fourth-order valence-corrected chi connectivity index (χ4v) is 5.19. The molecule has 0 unspecified atom stereocenters. The van der Waals surface area contributed by atoms with E-state index in [1.165, 1.54) is 22.9 Å². The average Bonchev–Trinajstić information content (AvgIpc) is 3.11. The lowest BCUT2D eigenvalue weighted by Gasteiger charge is -2.42. The summed E-state index contributed by atoms with van der Waals surface area (Å²) in [5.74, 6) is 1.07. The van der Waals surface area contributed by atoms with E-state index in [1.54, 1.807) is 6.07 Å². The van der Waals surface area contributed by atoms with Crippen LogP contribution in [0.25, 0.3) is 0 Å². The molecule has 0 aliphatic carbocycles. The molecule has 0 aromatic heterocycles. The number of hydrogen-bond donors (Lipinski definition) is 2. The second kappa shape index (κ2) is 6.56. The summed E-state index contributed by atoms with van der Waals surface area (Å²) in [6.07, 6.45) is -2.35. The molecule has 1 saturated heterocycles. The van der Waals surface area contributed by atoms with Crippen LogP contribution in [-0.4, -0.2) is 26.2 Å². The molecule has 3 aliphatic heterocycles. The number of aryl methyl sites for hydroxylation is 1. The fourth-order valence-electron chi connectivity index (χ4n) is 4.96. The Balaban J connectivity index is 1.53. The van der Waals surface area contributed by atoms with Crippen molar-refractivity contribution in [3.63, 3.8) is 0 Å². The molecule has 3 heterocycles. The van der Waals surface area contributed by atoms with E-state index in [0.29, 0.717) is 17.5 Å². The quantitative estimate of drug-likeness (QED) is 0.719. The van der Waals surface area contributed by atoms with Crippen molar-refractivity contribution in [3.05, 3.63) is 52.0 Å². The van der Waals surface area contributed by atoms with Gasteiger partial charge in [-0.1, -0.05) is 11.6 Å². The Morgan fingerprint density at radius 3 is 2.79 bits per heavy atom. The zero-order chi connectivity index (χ0) is 19.5. The second-order valence-corrected chi connectivity index (χ2v) is 8.37. The average molecular weight is 408 g/mol. The Kier molecular flexibility index (Phi) is 4.25. The van der Waals surface area contributed by atoms with Crippen LogP contribution in [0, 0.1) is 5.92 Å². The molecular formula is C21H21ClF3N3. The summed E-state index contributed by atoms with van der Waals surface area (Å²) in [7, 11) is 0. The summed E-state index contributed by atoms with van der Waals surface area (Å²) in [4.78, 5) is 2.50. The zero-order valence-electron chi connectivity index (χ0n) is 15.2. The summed E-state index contributed by atoms with van der Waals surface area (Å²) in [6, 6.07) is 8.20. The van der Waals surface area contributed by atoms with Crippen molar-refractivity contribution in [2.75, 3.05) is 36.4 Å². The van der Waals surface area contributed by atoms with Crippen LogP contribution >= 0.6 is 11.6 Å². The van der Waals surface area contributed by atoms with Crippen LogP contribution in [0.2, 0.25) is 5.02 Å². The molecule has 0 radical (unpaired) electrons. The Bertz CT molecular complexity index is 928. The third-order valence-corrected chi connectivity index (χ3v) is 6.49. The SMILES string of the molecule is FC(F)(F)c1cc(Nc2cc3c4c(c2)[C@@H]2CNC[C@@H]2CN4CCC3)ccc1Cl. The molecule has 3 nitrogen and oxygen atoms in total. The smallest absolute Gasteiger partial charge is 0.371 e. The van der Waals surface area contributed by atoms with E-state index in [4.69, 9.17) is 11.6 Å². The van der Waals surface area contributed by atoms with Gasteiger partial charge in [-0.25, -0.2) is 0 Å². The number of anilines is 3. The van der Waals surface area contributed by atoms with Crippen molar-refractivity contribution in [1.29, 1.82) is 0 Å². The molecular weight excluding hydrogens is 387 g/mol. The molecule has 0 amide bonds. The number of nitrogens with one attached hydrogen (secondary N) is 2. The van der Waals surface area contributed by atoms with Crippen LogP contribution in [-0.2, 0) is 12.6 Å². The molecule has 2 N–H and O–H groups in total. The molecule has 0 bridgehead atoms. The molecule has 28 heavy (non-hydrogen) atoms. The first-order valence-corrected chi connectivity index (χ1v) is 10.0. The van der Waals surface area contributed by atoms with E-state index >= 15 is 0 Å². The largest absolute Gasteiger partial charge is 0.417 e. The minimum atomic E-state index is -4.47. The Morgan fingerprint density at radius 1 is 1.11 bits per heavy atom. The first-order valence-electron chi connectivity index (χ1n) is 9.66. The van der Waals surface area contributed by atoms with Crippen molar-refractivity contribution in [3.8, 4) is 0 Å². The molecule has 5 rings (SSSR count). The molecule has 0 saturated carbocycles. The van der Waals surface area contributed by atoms with Gasteiger partial charge in [-0.15, -0.1) is 0 Å². The maximum absolute atomic E-state index is 13.2. The molecule has 0 spiro atoms. The lowest BCUT2D eigenvalue weighted by molar-refractivity contribution is -0.137. The molecule has 2 aromatic rings. The topological polar surface area (TPSA) is 27.3 Å². The van der Waals surface area contributed by atoms with E-state index in [1.807, 2.05) is 0 Å². The Hall–Kier alpha value is -1.92. The monoisotopic (exact) mass is 407 g/mol. The van der Waals surface area contributed by atoms with Gasteiger partial charge in [0.2, 0.25) is 0 Å². The van der Waals surface area contributed by atoms with Gasteiger partial charge in [-0.05, 0) is 60.2 Å². The number of rotatable bonds is 2. The Morgan fingerprint density at radius 2 is 1.96 bits per heavy atom. The van der Waals surface area contributed by atoms with Crippen molar-refractivity contribution in [1.82, 2.24) is 5.32 Å². The zero-order valence-corrected chi connectivity index (χ0v) is 16.0. The highest BCUT2D eigenvalue weighted by Gasteiger charge is 2.39. The molecule has 2 atom stereocenters. The van der Waals surface area contributed by atoms with E-state index in [0.717, 1.165) is 50.8 Å². The third kappa shape index (κ3) is 3.03. The van der Waals surface area contributed by atoms with E-state index < -0.39 is 11.7 Å². The van der Waals surface area contributed by atoms with Gasteiger partial charge in [0.15, 0.2) is 0 Å². The van der Waals surface area contributed by atoms with Gasteiger partial charge >= 0.3 is 6.18 Å². The summed E-state index contributed by atoms with van der Waals surface area (Å²) < 4.78 is 39.6. The normalized spacial score (nSPS) is 23.4. The molecule has 2 aromatic carbocycles. The van der Waals surface area contributed by atoms with Crippen LogP contribution in [0.15, 0.2) is 30.3 Å². The van der Waals surface area contributed by atoms with Crippen LogP contribution in [0.3, 0.4) is 0 Å². The van der Waals surface area contributed by atoms with E-state index in [-0.39, 0.29) is 5.02 Å². The lowest BCUT2D eigenvalue weighted by atomic mass is 9.80. The van der Waals surface area contributed by atoms with Crippen molar-refractivity contribution >= 4 is 28.7 Å². The maximum Gasteiger partial charge on any atom is 0.417 e. The van der Waals surface area contributed by atoms with Crippen LogP contribution in [0.1, 0.15) is 29.0 Å². The molecule has 148 valence electrons. The van der Waals surface area contributed by atoms with Crippen LogP contribution in [0.5, 0.6) is 0 Å². The minimum absolute atomic E-state index is 0.283. The summed E-state index contributed by atoms with van der Waals surface area (Å²) >= 11 is 5.75. The van der Waals surface area contributed by atoms with Gasteiger partial charge < -0.3 is 15.5 Å². The lowest BCUT2D eigenvalue weighted by Crippen LogP contribution is -2.41. The predicted molar refractivity (Wildman–Crippen MR) is 106 cm³/mol. The number of alkyl halides is 3.